The van der Waals surface area contributed by atoms with E-state index in [1.807, 2.05) is 0 Å². The van der Waals surface area contributed by atoms with Gasteiger partial charge in [0.25, 0.3) is 5.69 Å². The number of hydrogen-bond donors (Lipinski definition) is 0. The maximum atomic E-state index is 11.6. The average Bonchev–Trinajstić information content (AvgIpc) is 2.87. The molecule has 0 atom stereocenters. The molecule has 0 unspecified atom stereocenters. The second-order valence-electron chi connectivity index (χ2n) is 4.79. The molecule has 9 heteroatoms. The molecule has 2 rings (SSSR count). The van der Waals surface area contributed by atoms with Gasteiger partial charge in [0, 0.05) is 18.1 Å². The lowest BCUT2D eigenvalue weighted by Gasteiger charge is -2.05. The minimum Gasteiger partial charge on any atom is -0.426 e. The first-order chi connectivity index (χ1) is 10.9. The SMILES string of the molecule is CC(C)c1oc(=O)oc1COC(=O)Oc1ccc([N+](=O)[O-])cc1. The zero-order valence-corrected chi connectivity index (χ0v) is 12.3. The summed E-state index contributed by atoms with van der Waals surface area (Å²) in [6.45, 7) is 3.24. The molecule has 1 aromatic carbocycles. The van der Waals surface area contributed by atoms with Crippen molar-refractivity contribution in [2.75, 3.05) is 0 Å². The van der Waals surface area contributed by atoms with Crippen molar-refractivity contribution in [1.82, 2.24) is 0 Å². The van der Waals surface area contributed by atoms with Crippen LogP contribution < -0.4 is 10.6 Å². The molecule has 0 fully saturated rings. The van der Waals surface area contributed by atoms with Crippen LogP contribution in [0.2, 0.25) is 0 Å². The summed E-state index contributed by atoms with van der Waals surface area (Å²) in [6, 6.07) is 4.90. The largest absolute Gasteiger partial charge is 0.519 e. The number of ether oxygens (including phenoxy) is 2. The lowest BCUT2D eigenvalue weighted by atomic mass is 10.1. The number of carbonyl (C=O) groups is 1. The predicted octanol–water partition coefficient (Wildman–Crippen LogP) is 2.98. The van der Waals surface area contributed by atoms with Crippen LogP contribution >= 0.6 is 0 Å². The number of nitro groups is 1. The maximum absolute atomic E-state index is 11.6. The van der Waals surface area contributed by atoms with Crippen LogP contribution in [0.1, 0.15) is 31.3 Å². The van der Waals surface area contributed by atoms with Gasteiger partial charge in [-0.1, -0.05) is 13.8 Å². The molecule has 0 aliphatic carbocycles. The van der Waals surface area contributed by atoms with Crippen molar-refractivity contribution in [3.63, 3.8) is 0 Å². The number of rotatable bonds is 5. The van der Waals surface area contributed by atoms with Gasteiger partial charge in [-0.25, -0.2) is 9.59 Å². The molecule has 0 radical (unpaired) electrons. The zero-order chi connectivity index (χ0) is 17.0. The molecule has 122 valence electrons. The molecule has 0 amide bonds. The fraction of sp³-hybridized carbons (Fsp3) is 0.286. The summed E-state index contributed by atoms with van der Waals surface area (Å²) >= 11 is 0. The highest BCUT2D eigenvalue weighted by atomic mass is 16.7. The van der Waals surface area contributed by atoms with E-state index in [0.29, 0.717) is 0 Å². The molecule has 0 bridgehead atoms. The quantitative estimate of drug-likeness (QED) is 0.356. The van der Waals surface area contributed by atoms with E-state index in [9.17, 15) is 19.7 Å². The van der Waals surface area contributed by atoms with Gasteiger partial charge in [-0.05, 0) is 12.1 Å². The normalized spacial score (nSPS) is 10.6. The summed E-state index contributed by atoms with van der Waals surface area (Å²) < 4.78 is 19.3. The molecule has 23 heavy (non-hydrogen) atoms. The Balaban J connectivity index is 1.95. The Morgan fingerprint density at radius 2 is 1.91 bits per heavy atom. The molecule has 9 nitrogen and oxygen atoms in total. The average molecular weight is 323 g/mol. The van der Waals surface area contributed by atoms with E-state index in [2.05, 4.69) is 0 Å². The Morgan fingerprint density at radius 3 is 2.48 bits per heavy atom. The van der Waals surface area contributed by atoms with Gasteiger partial charge < -0.3 is 18.3 Å². The van der Waals surface area contributed by atoms with Crippen molar-refractivity contribution in [3.05, 3.63) is 56.5 Å². The molecule has 0 spiro atoms. The lowest BCUT2D eigenvalue weighted by molar-refractivity contribution is -0.384. The third-order valence-corrected chi connectivity index (χ3v) is 2.77. The van der Waals surface area contributed by atoms with Crippen LogP contribution in [-0.4, -0.2) is 11.1 Å². The summed E-state index contributed by atoms with van der Waals surface area (Å²) in [4.78, 5) is 32.6. The van der Waals surface area contributed by atoms with Crippen LogP contribution in [-0.2, 0) is 11.3 Å². The molecule has 0 saturated heterocycles. The molecular weight excluding hydrogens is 310 g/mol. The molecule has 0 aliphatic heterocycles. The van der Waals surface area contributed by atoms with E-state index in [-0.39, 0.29) is 35.5 Å². The third-order valence-electron chi connectivity index (χ3n) is 2.77. The Hall–Kier alpha value is -3.10. The van der Waals surface area contributed by atoms with E-state index in [0.717, 1.165) is 0 Å². The van der Waals surface area contributed by atoms with Crippen molar-refractivity contribution in [3.8, 4) is 5.75 Å². The van der Waals surface area contributed by atoms with Gasteiger partial charge in [0.1, 0.15) is 5.75 Å². The molecule has 0 N–H and O–H groups in total. The van der Waals surface area contributed by atoms with Crippen molar-refractivity contribution < 1.29 is 28.0 Å². The van der Waals surface area contributed by atoms with Crippen molar-refractivity contribution >= 4 is 11.8 Å². The van der Waals surface area contributed by atoms with E-state index in [4.69, 9.17) is 18.3 Å². The van der Waals surface area contributed by atoms with Crippen LogP contribution in [0, 0.1) is 10.1 Å². The summed E-state index contributed by atoms with van der Waals surface area (Å²) in [5.74, 6) is -0.524. The highest BCUT2D eigenvalue weighted by Crippen LogP contribution is 2.20. The number of nitro benzene ring substituents is 1. The third kappa shape index (κ3) is 4.19. The standard InChI is InChI=1S/C14H13NO8/c1-8(2)12-11(22-14(17)23-12)7-20-13(16)21-10-5-3-9(4-6-10)15(18)19/h3-6,8H,7H2,1-2H3. The number of non-ortho nitro benzene ring substituents is 1. The second kappa shape index (κ2) is 6.77. The first-order valence-electron chi connectivity index (χ1n) is 6.58. The van der Waals surface area contributed by atoms with Crippen molar-refractivity contribution in [2.45, 2.75) is 26.4 Å². The van der Waals surface area contributed by atoms with Gasteiger partial charge in [-0.3, -0.25) is 10.1 Å². The van der Waals surface area contributed by atoms with Crippen LogP contribution in [0.25, 0.3) is 0 Å². The van der Waals surface area contributed by atoms with Gasteiger partial charge in [0.05, 0.1) is 4.92 Å². The highest BCUT2D eigenvalue weighted by Gasteiger charge is 2.18. The lowest BCUT2D eigenvalue weighted by Crippen LogP contribution is -2.11. The zero-order valence-electron chi connectivity index (χ0n) is 12.3. The van der Waals surface area contributed by atoms with Gasteiger partial charge in [-0.2, -0.15) is 0 Å². The smallest absolute Gasteiger partial charge is 0.426 e. The van der Waals surface area contributed by atoms with Gasteiger partial charge >= 0.3 is 12.0 Å². The van der Waals surface area contributed by atoms with Crippen LogP contribution in [0.5, 0.6) is 5.75 Å². The maximum Gasteiger partial charge on any atom is 0.519 e. The highest BCUT2D eigenvalue weighted by molar-refractivity contribution is 5.64. The summed E-state index contributed by atoms with van der Waals surface area (Å²) in [5.41, 5.74) is -0.132. The molecule has 2 aromatic rings. The summed E-state index contributed by atoms with van der Waals surface area (Å²) in [5, 5.41) is 10.5. The first-order valence-corrected chi connectivity index (χ1v) is 6.58. The summed E-state index contributed by atoms with van der Waals surface area (Å²) in [7, 11) is 0. The second-order valence-corrected chi connectivity index (χ2v) is 4.79. The Morgan fingerprint density at radius 1 is 1.26 bits per heavy atom. The first kappa shape index (κ1) is 16.3. The molecular formula is C14H13NO8. The minimum absolute atomic E-state index is 0.0818. The van der Waals surface area contributed by atoms with Gasteiger partial charge in [-0.15, -0.1) is 0 Å². The number of nitrogens with zero attached hydrogens (tertiary/aromatic N) is 1. The molecule has 0 aliphatic rings. The van der Waals surface area contributed by atoms with Gasteiger partial charge in [0.15, 0.2) is 18.1 Å². The predicted molar refractivity (Wildman–Crippen MR) is 75.2 cm³/mol. The molecule has 1 aromatic heterocycles. The minimum atomic E-state index is -1.04. The molecule has 1 heterocycles. The van der Waals surface area contributed by atoms with Gasteiger partial charge in [0.2, 0.25) is 0 Å². The van der Waals surface area contributed by atoms with Crippen molar-refractivity contribution in [2.24, 2.45) is 0 Å². The van der Waals surface area contributed by atoms with E-state index >= 15 is 0 Å². The topological polar surface area (TPSA) is 122 Å². The van der Waals surface area contributed by atoms with E-state index in [1.165, 1.54) is 24.3 Å². The van der Waals surface area contributed by atoms with Crippen molar-refractivity contribution in [1.29, 1.82) is 0 Å². The Labute approximate surface area is 129 Å². The van der Waals surface area contributed by atoms with Crippen LogP contribution in [0.3, 0.4) is 0 Å². The monoisotopic (exact) mass is 323 g/mol. The van der Waals surface area contributed by atoms with E-state index in [1.54, 1.807) is 13.8 Å². The fourth-order valence-electron chi connectivity index (χ4n) is 1.74. The number of carbonyl (C=O) groups excluding carboxylic acids is 1. The fourth-order valence-corrected chi connectivity index (χ4v) is 1.74. The van der Waals surface area contributed by atoms with Crippen LogP contribution in [0.4, 0.5) is 10.5 Å². The van der Waals surface area contributed by atoms with E-state index < -0.39 is 16.9 Å². The molecule has 0 saturated carbocycles. The Bertz CT molecular complexity index is 756. The number of hydrogen-bond acceptors (Lipinski definition) is 8. The Kier molecular flexibility index (Phi) is 4.79. The summed E-state index contributed by atoms with van der Waals surface area (Å²) in [6.07, 6.45) is -1.04. The van der Waals surface area contributed by atoms with Crippen LogP contribution in [0.15, 0.2) is 37.9 Å². The number of benzene rings is 1.